The van der Waals surface area contributed by atoms with Gasteiger partial charge in [-0.1, -0.05) is 37.6 Å². The van der Waals surface area contributed by atoms with Crippen molar-refractivity contribution in [2.75, 3.05) is 12.3 Å². The molecule has 2 aromatic carbocycles. The number of carbonyl (C=O) groups is 2. The van der Waals surface area contributed by atoms with Crippen molar-refractivity contribution in [2.45, 2.75) is 63.6 Å². The maximum Gasteiger partial charge on any atom is 0.193 e. The number of aliphatic hydroxyl groups is 2. The molecule has 42 heavy (non-hydrogen) atoms. The Kier molecular flexibility index (Phi) is 6.30. The van der Waals surface area contributed by atoms with Crippen molar-refractivity contribution in [3.63, 3.8) is 0 Å². The number of allylic oxidation sites excluding steroid dienone is 4. The number of fused-ring (bicyclic) bond motifs is 7. The van der Waals surface area contributed by atoms with Gasteiger partial charge in [-0.15, -0.1) is 0 Å². The number of Topliss-reactive ketones (excluding diaryl/α,β-unsaturated/α-hetero) is 1. The summed E-state index contributed by atoms with van der Waals surface area (Å²) in [5, 5.41) is 22.0. The van der Waals surface area contributed by atoms with Gasteiger partial charge in [-0.2, -0.15) is 0 Å². The van der Waals surface area contributed by atoms with Crippen molar-refractivity contribution in [1.29, 1.82) is 0 Å². The molecule has 0 unspecified atom stereocenters. The van der Waals surface area contributed by atoms with E-state index in [-0.39, 0.29) is 23.5 Å². The van der Waals surface area contributed by atoms with E-state index in [9.17, 15) is 19.8 Å². The minimum Gasteiger partial charge on any atom is -0.457 e. The monoisotopic (exact) mass is 571 g/mol. The van der Waals surface area contributed by atoms with Crippen molar-refractivity contribution in [2.24, 2.45) is 28.6 Å². The van der Waals surface area contributed by atoms with E-state index >= 15 is 0 Å². The Bertz CT molecular complexity index is 1500. The summed E-state index contributed by atoms with van der Waals surface area (Å²) in [5.41, 5.74) is 5.65. The van der Waals surface area contributed by atoms with E-state index in [4.69, 9.17) is 19.9 Å². The zero-order valence-electron chi connectivity index (χ0n) is 23.9. The lowest BCUT2D eigenvalue weighted by atomic mass is 9.46. The van der Waals surface area contributed by atoms with E-state index in [2.05, 4.69) is 6.92 Å². The molecule has 1 saturated heterocycles. The molecular weight excluding hydrogens is 534 g/mol. The fraction of sp³-hybridized carbons (Fsp3) is 0.471. The molecule has 1 heterocycles. The smallest absolute Gasteiger partial charge is 0.193 e. The minimum atomic E-state index is -1.40. The topological polar surface area (TPSA) is 128 Å². The predicted octanol–water partition coefficient (Wildman–Crippen LogP) is 4.66. The van der Waals surface area contributed by atoms with Crippen LogP contribution in [-0.2, 0) is 19.1 Å². The van der Waals surface area contributed by atoms with Gasteiger partial charge in [0.05, 0.1) is 12.2 Å². The van der Waals surface area contributed by atoms with Crippen molar-refractivity contribution < 1.29 is 34.0 Å². The Hall–Kier alpha value is -3.30. The average Bonchev–Trinajstić information content (AvgIpc) is 3.47. The van der Waals surface area contributed by atoms with Crippen LogP contribution < -0.4 is 10.5 Å². The zero-order valence-corrected chi connectivity index (χ0v) is 23.9. The Balaban J connectivity index is 1.20. The number of anilines is 1. The largest absolute Gasteiger partial charge is 0.457 e. The highest BCUT2D eigenvalue weighted by Gasteiger charge is 2.75. The molecule has 3 saturated carbocycles. The van der Waals surface area contributed by atoms with E-state index in [0.717, 1.165) is 18.4 Å². The van der Waals surface area contributed by atoms with Gasteiger partial charge in [-0.3, -0.25) is 9.59 Å². The van der Waals surface area contributed by atoms with Gasteiger partial charge in [0.2, 0.25) is 0 Å². The molecule has 1 aliphatic heterocycles. The maximum atomic E-state index is 13.8. The first-order chi connectivity index (χ1) is 20.1. The van der Waals surface area contributed by atoms with Gasteiger partial charge in [0, 0.05) is 28.0 Å². The summed E-state index contributed by atoms with van der Waals surface area (Å²) >= 11 is 0. The lowest BCUT2D eigenvalue weighted by Gasteiger charge is -2.59. The molecule has 4 N–H and O–H groups in total. The van der Waals surface area contributed by atoms with Crippen LogP contribution in [0.15, 0.2) is 72.3 Å². The number of ether oxygens (including phenoxy) is 3. The third-order valence-electron chi connectivity index (χ3n) is 11.0. The van der Waals surface area contributed by atoms with Crippen LogP contribution in [0.1, 0.15) is 51.4 Å². The number of hydrogen-bond donors (Lipinski definition) is 3. The van der Waals surface area contributed by atoms with Crippen molar-refractivity contribution in [3.05, 3.63) is 77.9 Å². The van der Waals surface area contributed by atoms with Gasteiger partial charge in [0.25, 0.3) is 0 Å². The molecule has 4 fully saturated rings. The highest BCUT2D eigenvalue weighted by molar-refractivity contribution is 6.01. The number of nitrogen functional groups attached to an aromatic ring is 1. The summed E-state index contributed by atoms with van der Waals surface area (Å²) < 4.78 is 19.3. The van der Waals surface area contributed by atoms with Crippen LogP contribution in [0.3, 0.4) is 0 Å². The molecular formula is C34H37NO7. The Morgan fingerprint density at radius 1 is 1.14 bits per heavy atom. The standard InChI is InChI=1S/C34H37NO7/c1-32-13-12-22(37)15-20(32)6-11-25-26-16-29-34(28(39)18-36,33(26,2)17-27(38)30(25)32)42-31(41-29)19-4-3-5-24(14-19)40-23-9-7-21(35)8-10-23/h3-5,7-10,12-15,25-27,29-31,36,38H,6,11,16-18,35H2,1-2H3/t25-,26-,27-,29+,30+,31+,32-,33-,34+/m0/s1. The number of ketones is 2. The fourth-order valence-corrected chi connectivity index (χ4v) is 9.23. The second kappa shape index (κ2) is 9.61. The lowest BCUT2D eigenvalue weighted by molar-refractivity contribution is -0.201. The molecule has 0 spiro atoms. The molecule has 8 nitrogen and oxygen atoms in total. The van der Waals surface area contributed by atoms with Crippen LogP contribution in [-0.4, -0.2) is 46.2 Å². The summed E-state index contributed by atoms with van der Waals surface area (Å²) in [5.74, 6) is 0.864. The number of nitrogens with two attached hydrogens (primary N) is 1. The molecule has 7 rings (SSSR count). The van der Waals surface area contributed by atoms with Crippen LogP contribution in [0.5, 0.6) is 11.5 Å². The Morgan fingerprint density at radius 2 is 1.93 bits per heavy atom. The van der Waals surface area contributed by atoms with E-state index < -0.39 is 47.3 Å². The van der Waals surface area contributed by atoms with E-state index in [1.165, 1.54) is 0 Å². The van der Waals surface area contributed by atoms with Crippen LogP contribution in [0.2, 0.25) is 0 Å². The molecule has 8 heteroatoms. The summed E-state index contributed by atoms with van der Waals surface area (Å²) in [6, 6.07) is 14.5. The number of rotatable bonds is 5. The number of carbonyl (C=O) groups excluding carboxylic acids is 2. The molecule has 9 atom stereocenters. The van der Waals surface area contributed by atoms with Crippen molar-refractivity contribution >= 4 is 17.3 Å². The van der Waals surface area contributed by atoms with Gasteiger partial charge < -0.3 is 30.2 Å². The van der Waals surface area contributed by atoms with Gasteiger partial charge in [-0.05, 0) is 86.1 Å². The van der Waals surface area contributed by atoms with E-state index in [1.54, 1.807) is 36.4 Å². The lowest BCUT2D eigenvalue weighted by Crippen LogP contribution is -2.63. The zero-order chi connectivity index (χ0) is 29.4. The summed E-state index contributed by atoms with van der Waals surface area (Å²) in [7, 11) is 0. The van der Waals surface area contributed by atoms with Crippen molar-refractivity contribution in [3.8, 4) is 11.5 Å². The minimum absolute atomic E-state index is 0.00488. The summed E-state index contributed by atoms with van der Waals surface area (Å²) in [6.45, 7) is 3.48. The Labute approximate surface area is 245 Å². The van der Waals surface area contributed by atoms with Gasteiger partial charge in [0.15, 0.2) is 23.5 Å². The number of aliphatic hydroxyl groups excluding tert-OH is 2. The van der Waals surface area contributed by atoms with Crippen LogP contribution in [0.25, 0.3) is 0 Å². The maximum absolute atomic E-state index is 13.8. The van der Waals surface area contributed by atoms with Gasteiger partial charge in [-0.25, -0.2) is 0 Å². The first-order valence-corrected chi connectivity index (χ1v) is 14.8. The predicted molar refractivity (Wildman–Crippen MR) is 154 cm³/mol. The average molecular weight is 572 g/mol. The second-order valence-electron chi connectivity index (χ2n) is 13.1. The third kappa shape index (κ3) is 3.82. The summed E-state index contributed by atoms with van der Waals surface area (Å²) in [6.07, 6.45) is 5.71. The quantitative estimate of drug-likeness (QED) is 0.442. The van der Waals surface area contributed by atoms with Crippen LogP contribution in [0.4, 0.5) is 5.69 Å². The molecule has 220 valence electrons. The first kappa shape index (κ1) is 27.5. The third-order valence-corrected chi connectivity index (χ3v) is 11.0. The van der Waals surface area contributed by atoms with Gasteiger partial charge in [0.1, 0.15) is 18.1 Å². The normalized spacial score (nSPS) is 40.0. The van der Waals surface area contributed by atoms with E-state index in [0.29, 0.717) is 35.6 Å². The SMILES string of the molecule is C[C@]12C=CC(=O)C=C1CC[C@@H]1[C@@H]2[C@@H](O)C[C@@]2(C)[C@H]1C[C@H]1O[C@@H](c3cccc(Oc4ccc(N)cc4)c3)O[C@]12C(=O)CO. The molecule has 0 aromatic heterocycles. The molecule has 0 bridgehead atoms. The highest BCUT2D eigenvalue weighted by Crippen LogP contribution is 2.70. The van der Waals surface area contributed by atoms with E-state index in [1.807, 2.05) is 37.3 Å². The van der Waals surface area contributed by atoms with Gasteiger partial charge >= 0.3 is 0 Å². The first-order valence-electron chi connectivity index (χ1n) is 14.8. The molecule has 0 amide bonds. The molecule has 4 aliphatic carbocycles. The van der Waals surface area contributed by atoms with Crippen molar-refractivity contribution in [1.82, 2.24) is 0 Å². The Morgan fingerprint density at radius 3 is 2.69 bits per heavy atom. The fourth-order valence-electron chi connectivity index (χ4n) is 9.23. The highest BCUT2D eigenvalue weighted by atomic mass is 16.7. The number of benzene rings is 2. The van der Waals surface area contributed by atoms with Crippen LogP contribution >= 0.6 is 0 Å². The number of hydrogen-bond acceptors (Lipinski definition) is 8. The second-order valence-corrected chi connectivity index (χ2v) is 13.1. The van der Waals surface area contributed by atoms with Crippen LogP contribution in [0, 0.1) is 28.6 Å². The molecule has 5 aliphatic rings. The molecule has 0 radical (unpaired) electrons. The molecule has 2 aromatic rings. The summed E-state index contributed by atoms with van der Waals surface area (Å²) in [4.78, 5) is 25.9.